The Morgan fingerprint density at radius 1 is 0.574 bits per heavy atom. The second-order valence-electron chi connectivity index (χ2n) is 11.6. The highest BCUT2D eigenvalue weighted by Crippen LogP contribution is 2.34. The van der Waals surface area contributed by atoms with Gasteiger partial charge in [0.05, 0.1) is 31.4 Å². The van der Waals surface area contributed by atoms with E-state index in [4.69, 9.17) is 74.6 Å². The molecule has 47 heavy (non-hydrogen) atoms. The lowest BCUT2D eigenvalue weighted by Gasteiger charge is -2.47. The summed E-state index contributed by atoms with van der Waals surface area (Å²) in [6.45, 7) is -1.49. The van der Waals surface area contributed by atoms with Crippen molar-refractivity contribution in [3.8, 4) is 0 Å². The van der Waals surface area contributed by atoms with Gasteiger partial charge in [0, 0.05) is 18.6 Å². The molecule has 0 aromatic rings. The van der Waals surface area contributed by atoms with Crippen molar-refractivity contribution in [2.45, 2.75) is 123 Å². The van der Waals surface area contributed by atoms with Gasteiger partial charge < -0.3 is 97.9 Å². The lowest BCUT2D eigenvalue weighted by Crippen LogP contribution is -2.68. The van der Waals surface area contributed by atoms with Gasteiger partial charge in [-0.3, -0.25) is 9.11 Å². The summed E-state index contributed by atoms with van der Waals surface area (Å²) in [5.74, 6) is 0. The molecule has 3 saturated heterocycles. The van der Waals surface area contributed by atoms with Gasteiger partial charge in [0.15, 0.2) is 18.9 Å². The van der Waals surface area contributed by atoms with Crippen LogP contribution in [0.25, 0.3) is 0 Å². The minimum atomic E-state index is -4.67. The molecule has 23 nitrogen and oxygen atoms in total. The van der Waals surface area contributed by atoms with Crippen LogP contribution in [-0.4, -0.2) is 194 Å². The summed E-state index contributed by atoms with van der Waals surface area (Å²) in [7, 11) is -4.67. The van der Waals surface area contributed by atoms with E-state index in [0.717, 1.165) is 0 Å². The molecule has 0 amide bonds. The summed E-state index contributed by atoms with van der Waals surface area (Å²) in [5.41, 5.74) is 29.9. The third-order valence-electron chi connectivity index (χ3n) is 8.32. The van der Waals surface area contributed by atoms with Gasteiger partial charge in [-0.15, -0.1) is 0 Å². The number of aliphatic hydroxyl groups is 8. The molecule has 20 N–H and O–H groups in total. The van der Waals surface area contributed by atoms with Gasteiger partial charge in [-0.1, -0.05) is 0 Å². The molecular weight excluding hydrogens is 666 g/mol. The zero-order valence-corrected chi connectivity index (χ0v) is 25.6. The molecule has 4 fully saturated rings. The summed E-state index contributed by atoms with van der Waals surface area (Å²) in [6, 6.07) is -4.30. The van der Waals surface area contributed by atoms with Gasteiger partial charge >= 0.3 is 10.4 Å². The molecule has 278 valence electrons. The fourth-order valence-electron chi connectivity index (χ4n) is 5.70. The number of aliphatic hydroxyl groups excluding tert-OH is 8. The summed E-state index contributed by atoms with van der Waals surface area (Å²) in [6.07, 6.45) is -20.5. The van der Waals surface area contributed by atoms with Crippen molar-refractivity contribution in [1.82, 2.24) is 0 Å². The molecule has 0 aromatic heterocycles. The normalized spacial score (nSPS) is 49.3. The van der Waals surface area contributed by atoms with Crippen LogP contribution in [0.15, 0.2) is 0 Å². The van der Waals surface area contributed by atoms with E-state index in [1.165, 1.54) is 0 Å². The second-order valence-corrected chi connectivity index (χ2v) is 12.5. The highest BCUT2D eigenvalue weighted by atomic mass is 32.3. The van der Waals surface area contributed by atoms with E-state index in [9.17, 15) is 40.9 Å². The van der Waals surface area contributed by atoms with Crippen LogP contribution in [0.5, 0.6) is 0 Å². The maximum Gasteiger partial charge on any atom is 0.394 e. The quantitative estimate of drug-likeness (QED) is 0.0986. The van der Waals surface area contributed by atoms with Gasteiger partial charge in [0.1, 0.15) is 67.1 Å². The number of hydrogen-bond donors (Lipinski definition) is 15. The minimum absolute atomic E-state index is 0.0642. The highest BCUT2D eigenvalue weighted by Gasteiger charge is 2.54. The topological polar surface area (TPSA) is 422 Å². The van der Waals surface area contributed by atoms with E-state index in [1.54, 1.807) is 0 Å². The third-order valence-corrected chi connectivity index (χ3v) is 8.32. The number of rotatable bonds is 9. The SMILES string of the molecule is NC[C@@H]1OC(O[C@@H]2[C@@H](O)[C@H](O[C@H]3C(O[C@H]4O[C@H](CO)[C@@H](O)[C@H](O)[C@H]4N)[C@@H](N)C[C@@H](N)[C@@H]3O)O[C@@H]2CO)[C@H](N)[C@@H](O)[C@@H]1O.O=S(=O)(O)O. The maximum atomic E-state index is 11.1. The van der Waals surface area contributed by atoms with Crippen molar-refractivity contribution in [2.24, 2.45) is 28.7 Å². The van der Waals surface area contributed by atoms with Crippen LogP contribution in [0, 0.1) is 0 Å². The molecule has 0 bridgehead atoms. The average molecular weight is 714 g/mol. The molecule has 4 aliphatic rings. The van der Waals surface area contributed by atoms with Crippen LogP contribution in [0.3, 0.4) is 0 Å². The number of nitrogens with two attached hydrogens (primary N) is 5. The van der Waals surface area contributed by atoms with Crippen molar-refractivity contribution >= 4 is 10.4 Å². The maximum absolute atomic E-state index is 11.1. The Hall–Kier alpha value is -0.890. The first kappa shape index (κ1) is 40.5. The summed E-state index contributed by atoms with van der Waals surface area (Å²) < 4.78 is 66.0. The zero-order valence-electron chi connectivity index (χ0n) is 24.8. The number of hydrogen-bond acceptors (Lipinski definition) is 21. The Bertz CT molecular complexity index is 1070. The molecule has 0 aromatic carbocycles. The van der Waals surface area contributed by atoms with E-state index in [2.05, 4.69) is 0 Å². The molecule has 24 heteroatoms. The molecule has 19 atom stereocenters. The molecular formula is C23H47N5O18S. The lowest BCUT2D eigenvalue weighted by molar-refractivity contribution is -0.310. The fraction of sp³-hybridized carbons (Fsp3) is 1.00. The standard InChI is InChI=1S/C23H45N5O14.H2O4S/c24-2-7-13(32)15(34)10(27)21(37-7)41-19-9(4-30)39-23(17(19)36)42-20-12(31)5(25)1-6(26)18(20)40-22-11(28)16(35)14(33)8(3-29)38-22;1-5(2,3)4/h5-23,29-36H,1-4,24-28H2;(H2,1,2,3,4)/t5-,6+,7+,8-,9-,10-,11-,12+,13-,14-,15-,16-,17-,18?,19+,20-,21?,22-,23+;/m1./s1. The Balaban J connectivity index is 0.00000111. The Morgan fingerprint density at radius 3 is 1.49 bits per heavy atom. The second kappa shape index (κ2) is 16.9. The predicted molar refractivity (Wildman–Crippen MR) is 151 cm³/mol. The van der Waals surface area contributed by atoms with Gasteiger partial charge in [-0.05, 0) is 6.42 Å². The number of ether oxygens (including phenoxy) is 6. The molecule has 0 spiro atoms. The van der Waals surface area contributed by atoms with E-state index in [0.29, 0.717) is 0 Å². The van der Waals surface area contributed by atoms with Gasteiger partial charge in [-0.2, -0.15) is 8.42 Å². The zero-order chi connectivity index (χ0) is 35.5. The van der Waals surface area contributed by atoms with Crippen LogP contribution in [0.4, 0.5) is 0 Å². The monoisotopic (exact) mass is 713 g/mol. The first-order valence-corrected chi connectivity index (χ1v) is 15.9. The minimum Gasteiger partial charge on any atom is -0.394 e. The van der Waals surface area contributed by atoms with Gasteiger partial charge in [0.25, 0.3) is 0 Å². The van der Waals surface area contributed by atoms with E-state index in [1.807, 2.05) is 0 Å². The average Bonchev–Trinajstić information content (AvgIpc) is 3.30. The summed E-state index contributed by atoms with van der Waals surface area (Å²) in [5, 5.41) is 82.3. The van der Waals surface area contributed by atoms with Gasteiger partial charge in [0.2, 0.25) is 0 Å². The van der Waals surface area contributed by atoms with Crippen molar-refractivity contribution in [2.75, 3.05) is 19.8 Å². The largest absolute Gasteiger partial charge is 0.394 e. The molecule has 1 saturated carbocycles. The molecule has 1 aliphatic carbocycles. The third kappa shape index (κ3) is 9.67. The van der Waals surface area contributed by atoms with Crippen molar-refractivity contribution < 1.29 is 86.8 Å². The van der Waals surface area contributed by atoms with Gasteiger partial charge in [-0.25, -0.2) is 0 Å². The Morgan fingerprint density at radius 2 is 1.00 bits per heavy atom. The first-order valence-electron chi connectivity index (χ1n) is 14.5. The van der Waals surface area contributed by atoms with Crippen LogP contribution in [0.1, 0.15) is 6.42 Å². The Labute approximate surface area is 268 Å². The van der Waals surface area contributed by atoms with Crippen LogP contribution < -0.4 is 28.7 Å². The first-order chi connectivity index (χ1) is 21.8. The Kier molecular flexibility index (Phi) is 14.6. The molecule has 3 aliphatic heterocycles. The molecule has 0 radical (unpaired) electrons. The molecule has 4 rings (SSSR count). The fourth-order valence-corrected chi connectivity index (χ4v) is 5.70. The van der Waals surface area contributed by atoms with E-state index < -0.39 is 140 Å². The predicted octanol–water partition coefficient (Wildman–Crippen LogP) is -9.51. The van der Waals surface area contributed by atoms with Crippen LogP contribution in [0.2, 0.25) is 0 Å². The van der Waals surface area contributed by atoms with E-state index in [-0.39, 0.29) is 13.0 Å². The van der Waals surface area contributed by atoms with Crippen LogP contribution in [-0.2, 0) is 38.8 Å². The smallest absolute Gasteiger partial charge is 0.394 e. The van der Waals surface area contributed by atoms with Crippen molar-refractivity contribution in [3.63, 3.8) is 0 Å². The summed E-state index contributed by atoms with van der Waals surface area (Å²) in [4.78, 5) is 0. The van der Waals surface area contributed by atoms with Crippen molar-refractivity contribution in [3.05, 3.63) is 0 Å². The molecule has 2 unspecified atom stereocenters. The van der Waals surface area contributed by atoms with E-state index >= 15 is 0 Å². The highest BCUT2D eigenvalue weighted by molar-refractivity contribution is 7.79. The lowest BCUT2D eigenvalue weighted by atomic mass is 9.84. The van der Waals surface area contributed by atoms with Crippen molar-refractivity contribution in [1.29, 1.82) is 0 Å². The molecule has 3 heterocycles. The van der Waals surface area contributed by atoms with Crippen LogP contribution >= 0.6 is 0 Å². The summed E-state index contributed by atoms with van der Waals surface area (Å²) >= 11 is 0.